The number of aromatic nitrogens is 2. The summed E-state index contributed by atoms with van der Waals surface area (Å²) in [7, 11) is 3.08. The van der Waals surface area contributed by atoms with Crippen LogP contribution in [0.3, 0.4) is 0 Å². The number of hydrogen-bond acceptors (Lipinski definition) is 4. The SMILES string of the molecule is CN(Cc1ccc(-c2cc(C(F)(F)F)[nH]n2)c(N=O)c1)c1ccc(Cl)c(C(F)(F)P)c1. The van der Waals surface area contributed by atoms with Gasteiger partial charge in [0.15, 0.2) is 0 Å². The zero-order chi connectivity index (χ0) is 23.0. The number of benzene rings is 2. The number of nitrogens with one attached hydrogen (secondary N) is 1. The Morgan fingerprint density at radius 1 is 1.13 bits per heavy atom. The maximum Gasteiger partial charge on any atom is 0.432 e. The molecule has 0 spiro atoms. The monoisotopic (exact) mass is 476 g/mol. The third-order valence-electron chi connectivity index (χ3n) is 4.49. The zero-order valence-corrected chi connectivity index (χ0v) is 17.8. The maximum absolute atomic E-state index is 13.7. The Labute approximate surface area is 180 Å². The third kappa shape index (κ3) is 5.19. The Kier molecular flexibility index (Phi) is 6.34. The van der Waals surface area contributed by atoms with Gasteiger partial charge in [0.05, 0.1) is 10.7 Å². The largest absolute Gasteiger partial charge is 0.432 e. The molecule has 0 bridgehead atoms. The highest BCUT2D eigenvalue weighted by Gasteiger charge is 2.33. The molecule has 1 heterocycles. The van der Waals surface area contributed by atoms with Crippen LogP contribution in [0.4, 0.5) is 33.3 Å². The fourth-order valence-electron chi connectivity index (χ4n) is 2.94. The molecule has 0 saturated heterocycles. The number of anilines is 1. The van der Waals surface area contributed by atoms with Crippen molar-refractivity contribution in [2.45, 2.75) is 18.4 Å². The molecule has 0 fully saturated rings. The summed E-state index contributed by atoms with van der Waals surface area (Å²) in [6.07, 6.45) is -4.60. The van der Waals surface area contributed by atoms with Crippen molar-refractivity contribution in [1.82, 2.24) is 10.2 Å². The van der Waals surface area contributed by atoms with Gasteiger partial charge in [-0.25, -0.2) is 0 Å². The van der Waals surface area contributed by atoms with Gasteiger partial charge in [-0.2, -0.15) is 27.1 Å². The van der Waals surface area contributed by atoms with Crippen LogP contribution in [0.2, 0.25) is 5.02 Å². The van der Waals surface area contributed by atoms with Crippen molar-refractivity contribution in [2.24, 2.45) is 5.18 Å². The predicted octanol–water partition coefficient (Wildman–Crippen LogP) is 6.71. The van der Waals surface area contributed by atoms with E-state index in [-0.39, 0.29) is 34.1 Å². The summed E-state index contributed by atoms with van der Waals surface area (Å²) < 4.78 is 65.7. The lowest BCUT2D eigenvalue weighted by Gasteiger charge is -2.22. The molecule has 1 aromatic heterocycles. The summed E-state index contributed by atoms with van der Waals surface area (Å²) in [6, 6.07) is 9.39. The number of nitrogens with zero attached hydrogens (tertiary/aromatic N) is 3. The average molecular weight is 477 g/mol. The van der Waals surface area contributed by atoms with Crippen molar-refractivity contribution in [3.8, 4) is 11.3 Å². The van der Waals surface area contributed by atoms with E-state index in [4.69, 9.17) is 11.6 Å². The number of nitroso groups, excluding NO2 is 1. The molecule has 1 unspecified atom stereocenters. The lowest BCUT2D eigenvalue weighted by atomic mass is 10.1. The molecule has 2 aromatic carbocycles. The van der Waals surface area contributed by atoms with Crippen molar-refractivity contribution >= 4 is 32.2 Å². The van der Waals surface area contributed by atoms with E-state index in [0.29, 0.717) is 11.3 Å². The molecule has 3 aromatic rings. The van der Waals surface area contributed by atoms with Crippen molar-refractivity contribution in [3.63, 3.8) is 0 Å². The fourth-order valence-corrected chi connectivity index (χ4v) is 3.52. The van der Waals surface area contributed by atoms with Crippen LogP contribution in [0.15, 0.2) is 47.6 Å². The van der Waals surface area contributed by atoms with Gasteiger partial charge in [0.2, 0.25) is 0 Å². The molecule has 0 aliphatic rings. The molecule has 1 atom stereocenters. The molecule has 0 radical (unpaired) electrons. The van der Waals surface area contributed by atoms with E-state index in [9.17, 15) is 26.9 Å². The first-order valence-electron chi connectivity index (χ1n) is 8.67. The van der Waals surface area contributed by atoms with E-state index >= 15 is 0 Å². The molecule has 0 amide bonds. The van der Waals surface area contributed by atoms with Crippen LogP contribution in [-0.4, -0.2) is 17.2 Å². The molecule has 0 saturated carbocycles. The highest BCUT2D eigenvalue weighted by molar-refractivity contribution is 7.17. The van der Waals surface area contributed by atoms with Crippen molar-refractivity contribution in [2.75, 3.05) is 11.9 Å². The molecule has 0 aliphatic heterocycles. The Morgan fingerprint density at radius 2 is 1.84 bits per heavy atom. The third-order valence-corrected chi connectivity index (χ3v) is 5.13. The summed E-state index contributed by atoms with van der Waals surface area (Å²) >= 11 is 5.85. The van der Waals surface area contributed by atoms with Gasteiger partial charge >= 0.3 is 6.18 Å². The Balaban J connectivity index is 1.87. The minimum atomic E-state index is -4.60. The summed E-state index contributed by atoms with van der Waals surface area (Å²) in [4.78, 5) is 12.9. The summed E-state index contributed by atoms with van der Waals surface area (Å²) in [5.41, 5.74) is -3.62. The van der Waals surface area contributed by atoms with Gasteiger partial charge in [-0.3, -0.25) is 5.10 Å². The Bertz CT molecular complexity index is 1110. The number of alkyl halides is 5. The summed E-state index contributed by atoms with van der Waals surface area (Å²) in [5.74, 6) is 0. The Morgan fingerprint density at radius 3 is 2.42 bits per heavy atom. The van der Waals surface area contributed by atoms with Crippen LogP contribution in [0.5, 0.6) is 0 Å². The van der Waals surface area contributed by atoms with E-state index in [2.05, 4.69) is 10.3 Å². The second-order valence-electron chi connectivity index (χ2n) is 6.75. The van der Waals surface area contributed by atoms with Crippen molar-refractivity contribution < 1.29 is 22.0 Å². The van der Waals surface area contributed by atoms with Gasteiger partial charge in [-0.05, 0) is 41.1 Å². The van der Waals surface area contributed by atoms with Gasteiger partial charge in [0.25, 0.3) is 5.66 Å². The predicted molar refractivity (Wildman–Crippen MR) is 112 cm³/mol. The normalized spacial score (nSPS) is 12.1. The molecule has 5 nitrogen and oxygen atoms in total. The fraction of sp³-hybridized carbons (Fsp3) is 0.211. The lowest BCUT2D eigenvalue weighted by Crippen LogP contribution is -2.17. The number of rotatable bonds is 6. The second-order valence-corrected chi connectivity index (χ2v) is 7.88. The van der Waals surface area contributed by atoms with Crippen LogP contribution < -0.4 is 4.90 Å². The lowest BCUT2D eigenvalue weighted by molar-refractivity contribution is -0.141. The van der Waals surface area contributed by atoms with E-state index in [1.54, 1.807) is 24.1 Å². The topological polar surface area (TPSA) is 61.4 Å². The molecule has 31 heavy (non-hydrogen) atoms. The van der Waals surface area contributed by atoms with Crippen LogP contribution in [0.25, 0.3) is 11.3 Å². The summed E-state index contributed by atoms with van der Waals surface area (Å²) in [6.45, 7) is 0.209. The van der Waals surface area contributed by atoms with Crippen molar-refractivity contribution in [3.05, 3.63) is 69.2 Å². The maximum atomic E-state index is 13.7. The minimum absolute atomic E-state index is 0.0770. The van der Waals surface area contributed by atoms with Gasteiger partial charge in [-0.15, -0.1) is 4.91 Å². The first-order chi connectivity index (χ1) is 14.4. The molecule has 3 rings (SSSR count). The zero-order valence-electron chi connectivity index (χ0n) is 15.8. The van der Waals surface area contributed by atoms with E-state index in [0.717, 1.165) is 6.07 Å². The standard InChI is InChI=1S/C19H15ClF5N4OP/c1-29(11-3-5-14(20)13(7-11)19(24,25)31)9-10-2-4-12(16(6-10)28-30)15-8-17(27-26-15)18(21,22)23/h2-8H,9,31H2,1H3,(H,26,27). The van der Waals surface area contributed by atoms with Gasteiger partial charge in [-0.1, -0.05) is 33.0 Å². The number of H-pyrrole nitrogens is 1. The van der Waals surface area contributed by atoms with Gasteiger partial charge < -0.3 is 4.90 Å². The number of halogens is 6. The van der Waals surface area contributed by atoms with Crippen LogP contribution in [-0.2, 0) is 18.4 Å². The molecule has 164 valence electrons. The molecular formula is C19H15ClF5N4OP. The summed E-state index contributed by atoms with van der Waals surface area (Å²) in [5, 5.41) is 8.30. The smallest absolute Gasteiger partial charge is 0.370 e. The van der Waals surface area contributed by atoms with Crippen LogP contribution in [0.1, 0.15) is 16.8 Å². The minimum Gasteiger partial charge on any atom is -0.370 e. The molecule has 12 heteroatoms. The van der Waals surface area contributed by atoms with Crippen LogP contribution >= 0.6 is 20.8 Å². The quantitative estimate of drug-likeness (QED) is 0.244. The highest BCUT2D eigenvalue weighted by Crippen LogP contribution is 2.41. The van der Waals surface area contributed by atoms with Crippen molar-refractivity contribution in [1.29, 1.82) is 0 Å². The number of hydrogen-bond donors (Lipinski definition) is 1. The van der Waals surface area contributed by atoms with Crippen LogP contribution in [0, 0.1) is 4.91 Å². The second kappa shape index (κ2) is 8.51. The van der Waals surface area contributed by atoms with Gasteiger partial charge in [0, 0.05) is 30.4 Å². The number of aromatic amines is 1. The average Bonchev–Trinajstić information content (AvgIpc) is 3.17. The molecule has 0 aliphatic carbocycles. The molecule has 1 N–H and O–H groups in total. The van der Waals surface area contributed by atoms with Gasteiger partial charge in [0.1, 0.15) is 11.4 Å². The first-order valence-corrected chi connectivity index (χ1v) is 9.63. The molecular weight excluding hydrogens is 462 g/mol. The van der Waals surface area contributed by atoms with E-state index < -0.39 is 17.5 Å². The van der Waals surface area contributed by atoms with E-state index in [1.165, 1.54) is 33.5 Å². The highest BCUT2D eigenvalue weighted by atomic mass is 35.5. The van der Waals surface area contributed by atoms with E-state index in [1.807, 2.05) is 5.10 Å². The Hall–Kier alpha value is -2.58. The first kappa shape index (κ1) is 23.1.